The van der Waals surface area contributed by atoms with Gasteiger partial charge in [0.2, 0.25) is 0 Å². The number of ether oxygens (including phenoxy) is 1. The van der Waals surface area contributed by atoms with Crippen LogP contribution in [0.1, 0.15) is 27.9 Å². The first-order valence-corrected chi connectivity index (χ1v) is 10.2. The van der Waals surface area contributed by atoms with Crippen molar-refractivity contribution in [2.24, 2.45) is 0 Å². The number of fused-ring (bicyclic) bond motifs is 1. The van der Waals surface area contributed by atoms with Gasteiger partial charge in [-0.15, -0.1) is 11.3 Å². The third-order valence-corrected chi connectivity index (χ3v) is 5.37. The van der Waals surface area contributed by atoms with Crippen molar-refractivity contribution in [1.29, 1.82) is 0 Å². The van der Waals surface area contributed by atoms with Gasteiger partial charge in [-0.05, 0) is 54.8 Å². The van der Waals surface area contributed by atoms with Gasteiger partial charge >= 0.3 is 0 Å². The van der Waals surface area contributed by atoms with Crippen LogP contribution in [0.25, 0.3) is 10.9 Å². The number of rotatable bonds is 7. The number of hydrogen-bond acceptors (Lipinski definition) is 5. The van der Waals surface area contributed by atoms with Crippen LogP contribution in [0.4, 0.5) is 0 Å². The second-order valence-corrected chi connectivity index (χ2v) is 7.47. The van der Waals surface area contributed by atoms with Crippen LogP contribution in [0.15, 0.2) is 69.4 Å². The summed E-state index contributed by atoms with van der Waals surface area (Å²) in [6.45, 7) is 2.93. The largest absolute Gasteiger partial charge is 0.494 e. The minimum absolute atomic E-state index is 0.140. The molecule has 0 radical (unpaired) electrons. The van der Waals surface area contributed by atoms with Crippen LogP contribution in [0.2, 0.25) is 0 Å². The number of nitrogens with one attached hydrogen (secondary N) is 1. The molecule has 4 rings (SSSR count). The molecule has 0 saturated carbocycles. The standard InChI is InChI=1S/C22H20N2O4S/c1-2-27-17-7-8-19-15(12-17)11-16(21(25)23-19)13-24(14-18-5-3-9-28-18)22(26)20-6-4-10-29-20/h3-12H,2,13-14H2,1H3,(H,23,25). The smallest absolute Gasteiger partial charge is 0.264 e. The van der Waals surface area contributed by atoms with Crippen LogP contribution in [0.5, 0.6) is 5.75 Å². The molecular formula is C22H20N2O4S. The summed E-state index contributed by atoms with van der Waals surface area (Å²) in [5.74, 6) is 1.25. The Bertz CT molecular complexity index is 1160. The fourth-order valence-corrected chi connectivity index (χ4v) is 3.85. The number of H-pyrrole nitrogens is 1. The maximum Gasteiger partial charge on any atom is 0.264 e. The number of furan rings is 1. The summed E-state index contributed by atoms with van der Waals surface area (Å²) in [5, 5.41) is 2.71. The molecule has 0 fully saturated rings. The fraction of sp³-hybridized carbons (Fsp3) is 0.182. The number of benzene rings is 1. The van der Waals surface area contributed by atoms with Crippen LogP contribution in [0.3, 0.4) is 0 Å². The van der Waals surface area contributed by atoms with Crippen molar-refractivity contribution >= 4 is 28.1 Å². The Hall–Kier alpha value is -3.32. The van der Waals surface area contributed by atoms with E-state index in [4.69, 9.17) is 9.15 Å². The number of carbonyl (C=O) groups is 1. The summed E-state index contributed by atoms with van der Waals surface area (Å²) < 4.78 is 11.0. The summed E-state index contributed by atoms with van der Waals surface area (Å²) in [4.78, 5) is 30.8. The second-order valence-electron chi connectivity index (χ2n) is 6.52. The van der Waals surface area contributed by atoms with E-state index in [2.05, 4.69) is 4.98 Å². The molecule has 6 nitrogen and oxygen atoms in total. The second kappa shape index (κ2) is 8.36. The van der Waals surface area contributed by atoms with Gasteiger partial charge in [0.25, 0.3) is 11.5 Å². The maximum absolute atomic E-state index is 13.0. The zero-order chi connectivity index (χ0) is 20.2. The van der Waals surface area contributed by atoms with E-state index in [0.29, 0.717) is 22.8 Å². The van der Waals surface area contributed by atoms with Crippen LogP contribution < -0.4 is 10.3 Å². The monoisotopic (exact) mass is 408 g/mol. The average molecular weight is 408 g/mol. The average Bonchev–Trinajstić information content (AvgIpc) is 3.42. The number of aromatic amines is 1. The zero-order valence-electron chi connectivity index (χ0n) is 15.9. The number of carbonyl (C=O) groups excluding carboxylic acids is 1. The maximum atomic E-state index is 13.0. The van der Waals surface area contributed by atoms with Gasteiger partial charge in [0.15, 0.2) is 0 Å². The Morgan fingerprint density at radius 3 is 2.79 bits per heavy atom. The van der Waals surface area contributed by atoms with Crippen molar-refractivity contribution in [2.75, 3.05) is 6.61 Å². The first-order valence-electron chi connectivity index (χ1n) is 9.28. The molecule has 3 heterocycles. The van der Waals surface area contributed by atoms with Crippen LogP contribution >= 0.6 is 11.3 Å². The lowest BCUT2D eigenvalue weighted by Gasteiger charge is -2.21. The Labute approximate surface area is 171 Å². The van der Waals surface area contributed by atoms with Gasteiger partial charge in [0.05, 0.1) is 30.8 Å². The van der Waals surface area contributed by atoms with E-state index in [1.165, 1.54) is 11.3 Å². The van der Waals surface area contributed by atoms with Gasteiger partial charge in [-0.2, -0.15) is 0 Å². The highest BCUT2D eigenvalue weighted by Gasteiger charge is 2.20. The SMILES string of the molecule is CCOc1ccc2[nH]c(=O)c(CN(Cc3ccco3)C(=O)c3cccs3)cc2c1. The molecule has 4 aromatic rings. The lowest BCUT2D eigenvalue weighted by atomic mass is 10.1. The van der Waals surface area contributed by atoms with Gasteiger partial charge in [-0.1, -0.05) is 6.07 Å². The van der Waals surface area contributed by atoms with Crippen molar-refractivity contribution in [3.05, 3.63) is 86.7 Å². The molecule has 0 unspecified atom stereocenters. The zero-order valence-corrected chi connectivity index (χ0v) is 16.7. The van der Waals surface area contributed by atoms with Gasteiger partial charge < -0.3 is 19.0 Å². The van der Waals surface area contributed by atoms with Crippen molar-refractivity contribution in [3.8, 4) is 5.75 Å². The van der Waals surface area contributed by atoms with E-state index in [1.807, 2.05) is 48.7 Å². The number of pyridine rings is 1. The lowest BCUT2D eigenvalue weighted by molar-refractivity contribution is 0.0722. The Morgan fingerprint density at radius 1 is 1.17 bits per heavy atom. The van der Waals surface area contributed by atoms with E-state index < -0.39 is 0 Å². The fourth-order valence-electron chi connectivity index (χ4n) is 3.16. The van der Waals surface area contributed by atoms with Crippen LogP contribution in [-0.2, 0) is 13.1 Å². The predicted molar refractivity (Wildman–Crippen MR) is 112 cm³/mol. The molecule has 1 aromatic carbocycles. The number of nitrogens with zero attached hydrogens (tertiary/aromatic N) is 1. The molecule has 0 aliphatic rings. The topological polar surface area (TPSA) is 75.5 Å². The number of thiophene rings is 1. The molecule has 148 valence electrons. The normalized spacial score (nSPS) is 10.9. The van der Waals surface area contributed by atoms with Gasteiger partial charge in [0, 0.05) is 16.5 Å². The van der Waals surface area contributed by atoms with Crippen molar-refractivity contribution < 1.29 is 13.9 Å². The Balaban J connectivity index is 1.68. The van der Waals surface area contributed by atoms with Gasteiger partial charge in [0.1, 0.15) is 11.5 Å². The molecule has 0 aliphatic carbocycles. The minimum atomic E-state index is -0.218. The van der Waals surface area contributed by atoms with Gasteiger partial charge in [-0.25, -0.2) is 0 Å². The molecule has 29 heavy (non-hydrogen) atoms. The first kappa shape index (κ1) is 19.0. The van der Waals surface area contributed by atoms with Crippen molar-refractivity contribution in [1.82, 2.24) is 9.88 Å². The predicted octanol–water partition coefficient (Wildman–Crippen LogP) is 4.42. The van der Waals surface area contributed by atoms with E-state index in [0.717, 1.165) is 16.7 Å². The molecule has 0 atom stereocenters. The highest BCUT2D eigenvalue weighted by molar-refractivity contribution is 7.12. The first-order chi connectivity index (χ1) is 14.1. The number of hydrogen-bond donors (Lipinski definition) is 1. The minimum Gasteiger partial charge on any atom is -0.494 e. The summed E-state index contributed by atoms with van der Waals surface area (Å²) in [7, 11) is 0. The number of amides is 1. The third-order valence-electron chi connectivity index (χ3n) is 4.51. The summed E-state index contributed by atoms with van der Waals surface area (Å²) in [6, 6.07) is 14.6. The molecular weight excluding hydrogens is 388 g/mol. The van der Waals surface area contributed by atoms with E-state index in [9.17, 15) is 9.59 Å². The third kappa shape index (κ3) is 4.25. The van der Waals surface area contributed by atoms with E-state index in [1.54, 1.807) is 23.3 Å². The molecule has 3 aromatic heterocycles. The molecule has 7 heteroatoms. The summed E-state index contributed by atoms with van der Waals surface area (Å²) >= 11 is 1.37. The summed E-state index contributed by atoms with van der Waals surface area (Å²) in [5.41, 5.74) is 1.01. The van der Waals surface area contributed by atoms with Gasteiger partial charge in [-0.3, -0.25) is 9.59 Å². The molecule has 1 N–H and O–H groups in total. The van der Waals surface area contributed by atoms with Crippen molar-refractivity contribution in [3.63, 3.8) is 0 Å². The van der Waals surface area contributed by atoms with Crippen LogP contribution in [-0.4, -0.2) is 22.4 Å². The highest BCUT2D eigenvalue weighted by atomic mass is 32.1. The lowest BCUT2D eigenvalue weighted by Crippen LogP contribution is -2.32. The Morgan fingerprint density at radius 2 is 2.07 bits per heavy atom. The summed E-state index contributed by atoms with van der Waals surface area (Å²) in [6.07, 6.45) is 1.57. The molecule has 1 amide bonds. The molecule has 0 aliphatic heterocycles. The number of aromatic nitrogens is 1. The Kier molecular flexibility index (Phi) is 5.48. The molecule has 0 spiro atoms. The van der Waals surface area contributed by atoms with Crippen LogP contribution in [0, 0.1) is 0 Å². The quantitative estimate of drug-likeness (QED) is 0.491. The van der Waals surface area contributed by atoms with E-state index >= 15 is 0 Å². The van der Waals surface area contributed by atoms with E-state index in [-0.39, 0.29) is 24.6 Å². The molecule has 0 saturated heterocycles. The van der Waals surface area contributed by atoms with Crippen molar-refractivity contribution in [2.45, 2.75) is 20.0 Å². The molecule has 0 bridgehead atoms. The highest BCUT2D eigenvalue weighted by Crippen LogP contribution is 2.21.